The second-order valence-corrected chi connectivity index (χ2v) is 10.7. The molecule has 0 amide bonds. The van der Waals surface area contributed by atoms with Crippen molar-refractivity contribution >= 4 is 39.2 Å². The van der Waals surface area contributed by atoms with Crippen molar-refractivity contribution < 1.29 is 13.2 Å². The lowest BCUT2D eigenvalue weighted by Gasteiger charge is -2.26. The molecular formula is C22H29N7O3S2. The Morgan fingerprint density at radius 1 is 1.09 bits per heavy atom. The second-order valence-electron chi connectivity index (χ2n) is 7.86. The van der Waals surface area contributed by atoms with Crippen LogP contribution >= 0.6 is 11.8 Å². The van der Waals surface area contributed by atoms with Gasteiger partial charge in [0, 0.05) is 43.2 Å². The first-order valence-corrected chi connectivity index (χ1v) is 13.6. The predicted molar refractivity (Wildman–Crippen MR) is 133 cm³/mol. The summed E-state index contributed by atoms with van der Waals surface area (Å²) >= 11 is 1.49. The van der Waals surface area contributed by atoms with E-state index in [4.69, 9.17) is 4.74 Å². The quantitative estimate of drug-likeness (QED) is 0.282. The Bertz CT molecular complexity index is 1190. The van der Waals surface area contributed by atoms with Crippen LogP contribution in [0, 0.1) is 6.92 Å². The molecule has 0 bridgehead atoms. The first-order valence-electron chi connectivity index (χ1n) is 11.2. The highest BCUT2D eigenvalue weighted by Crippen LogP contribution is 2.26. The fourth-order valence-corrected chi connectivity index (χ4v) is 5.57. The standard InChI is InChI=1S/C22H29N7O3S2/c1-3-8-23-19-14-20(24-21-13-16(2)27-28-21)26-22(25-19)33-15-17-4-6-18(7-5-17)34(30,31)29-9-11-32-12-10-29/h4-7,13-14H,3,8-12,15H2,1-2H3,(H3,23,24,25,26,27,28). The Balaban J connectivity index is 1.44. The van der Waals surface area contributed by atoms with Crippen molar-refractivity contribution in [3.8, 4) is 0 Å². The highest BCUT2D eigenvalue weighted by molar-refractivity contribution is 7.98. The average molecular weight is 504 g/mol. The molecule has 3 heterocycles. The van der Waals surface area contributed by atoms with Gasteiger partial charge in [-0.25, -0.2) is 18.4 Å². The molecule has 10 nitrogen and oxygen atoms in total. The number of morpholine rings is 1. The minimum Gasteiger partial charge on any atom is -0.379 e. The number of thioether (sulfide) groups is 1. The molecule has 4 rings (SSSR count). The SMILES string of the molecule is CCCNc1cc(Nc2cc(C)[nH]n2)nc(SCc2ccc(S(=O)(=O)N3CCOCC3)cc2)n1. The normalized spacial score (nSPS) is 14.8. The third-order valence-corrected chi connectivity index (χ3v) is 7.95. The van der Waals surface area contributed by atoms with Crippen LogP contribution in [-0.2, 0) is 20.5 Å². The van der Waals surface area contributed by atoms with Gasteiger partial charge in [-0.15, -0.1) is 0 Å². The van der Waals surface area contributed by atoms with Crippen molar-refractivity contribution in [2.75, 3.05) is 43.5 Å². The number of ether oxygens (including phenoxy) is 1. The molecule has 0 radical (unpaired) electrons. The number of anilines is 3. The van der Waals surface area contributed by atoms with E-state index in [-0.39, 0.29) is 0 Å². The van der Waals surface area contributed by atoms with Crippen LogP contribution in [-0.4, -0.2) is 65.7 Å². The molecule has 3 aromatic rings. The summed E-state index contributed by atoms with van der Waals surface area (Å²) in [7, 11) is -3.50. The Kier molecular flexibility index (Phi) is 8.03. The smallest absolute Gasteiger partial charge is 0.243 e. The van der Waals surface area contributed by atoms with Crippen LogP contribution in [0.2, 0.25) is 0 Å². The number of rotatable bonds is 10. The number of hydrogen-bond acceptors (Lipinski definition) is 9. The summed E-state index contributed by atoms with van der Waals surface area (Å²) in [6.07, 6.45) is 0.980. The topological polar surface area (TPSA) is 125 Å². The molecule has 1 saturated heterocycles. The monoisotopic (exact) mass is 503 g/mol. The van der Waals surface area contributed by atoms with Gasteiger partial charge in [0.25, 0.3) is 0 Å². The Morgan fingerprint density at radius 3 is 2.50 bits per heavy atom. The molecule has 0 unspecified atom stereocenters. The van der Waals surface area contributed by atoms with Gasteiger partial charge >= 0.3 is 0 Å². The number of benzene rings is 1. The lowest BCUT2D eigenvalue weighted by atomic mass is 10.2. The number of hydrogen-bond donors (Lipinski definition) is 3. The van der Waals surface area contributed by atoms with Crippen LogP contribution in [0.3, 0.4) is 0 Å². The molecule has 0 spiro atoms. The van der Waals surface area contributed by atoms with Gasteiger partial charge in [0.05, 0.1) is 18.1 Å². The highest BCUT2D eigenvalue weighted by atomic mass is 32.2. The highest BCUT2D eigenvalue weighted by Gasteiger charge is 2.26. The van der Waals surface area contributed by atoms with Crippen LogP contribution < -0.4 is 10.6 Å². The van der Waals surface area contributed by atoms with E-state index in [1.165, 1.54) is 16.1 Å². The Labute approximate surface area is 204 Å². The fourth-order valence-electron chi connectivity index (χ4n) is 3.35. The van der Waals surface area contributed by atoms with Crippen molar-refractivity contribution in [1.82, 2.24) is 24.5 Å². The molecule has 0 atom stereocenters. The van der Waals surface area contributed by atoms with Gasteiger partial charge in [0.1, 0.15) is 11.6 Å². The summed E-state index contributed by atoms with van der Waals surface area (Å²) < 4.78 is 32.4. The zero-order valence-corrected chi connectivity index (χ0v) is 20.9. The number of nitrogens with one attached hydrogen (secondary N) is 3. The summed E-state index contributed by atoms with van der Waals surface area (Å²) in [5.74, 6) is 2.68. The van der Waals surface area contributed by atoms with Crippen LogP contribution in [0.1, 0.15) is 24.6 Å². The number of nitrogens with zero attached hydrogens (tertiary/aromatic N) is 4. The lowest BCUT2D eigenvalue weighted by molar-refractivity contribution is 0.0730. The minimum absolute atomic E-state index is 0.297. The first kappa shape index (κ1) is 24.5. The lowest BCUT2D eigenvalue weighted by Crippen LogP contribution is -2.40. The third-order valence-electron chi connectivity index (χ3n) is 5.12. The van der Waals surface area contributed by atoms with E-state index in [9.17, 15) is 8.42 Å². The van der Waals surface area contributed by atoms with Crippen molar-refractivity contribution in [2.45, 2.75) is 36.1 Å². The molecule has 12 heteroatoms. The third kappa shape index (κ3) is 6.26. The van der Waals surface area contributed by atoms with Crippen molar-refractivity contribution in [3.05, 3.63) is 47.7 Å². The van der Waals surface area contributed by atoms with E-state index in [1.807, 2.05) is 31.2 Å². The maximum atomic E-state index is 12.8. The van der Waals surface area contributed by atoms with Gasteiger partial charge in [-0.1, -0.05) is 30.8 Å². The molecule has 182 valence electrons. The van der Waals surface area contributed by atoms with Crippen molar-refractivity contribution in [1.29, 1.82) is 0 Å². The van der Waals surface area contributed by atoms with E-state index in [0.717, 1.165) is 30.0 Å². The van der Waals surface area contributed by atoms with Crippen LogP contribution in [0.25, 0.3) is 0 Å². The molecule has 3 N–H and O–H groups in total. The molecule has 1 fully saturated rings. The molecule has 1 aliphatic rings. The maximum absolute atomic E-state index is 12.8. The van der Waals surface area contributed by atoms with E-state index < -0.39 is 10.0 Å². The van der Waals surface area contributed by atoms with Gasteiger partial charge in [-0.3, -0.25) is 5.10 Å². The molecule has 0 saturated carbocycles. The Morgan fingerprint density at radius 2 is 1.82 bits per heavy atom. The summed E-state index contributed by atoms with van der Waals surface area (Å²) in [6, 6.07) is 10.8. The summed E-state index contributed by atoms with van der Waals surface area (Å²) in [4.78, 5) is 9.52. The van der Waals surface area contributed by atoms with E-state index in [0.29, 0.717) is 53.7 Å². The molecular weight excluding hydrogens is 474 g/mol. The number of aromatic nitrogens is 4. The molecule has 1 aliphatic heterocycles. The van der Waals surface area contributed by atoms with Crippen molar-refractivity contribution in [2.24, 2.45) is 0 Å². The fraction of sp³-hybridized carbons (Fsp3) is 0.409. The van der Waals surface area contributed by atoms with Crippen LogP contribution in [0.5, 0.6) is 0 Å². The minimum atomic E-state index is -3.50. The van der Waals surface area contributed by atoms with E-state index in [1.54, 1.807) is 12.1 Å². The number of aromatic amines is 1. The number of sulfonamides is 1. The van der Waals surface area contributed by atoms with Crippen LogP contribution in [0.15, 0.2) is 46.5 Å². The zero-order valence-electron chi connectivity index (χ0n) is 19.2. The summed E-state index contributed by atoms with van der Waals surface area (Å²) in [6.45, 7) is 6.46. The average Bonchev–Trinajstić information content (AvgIpc) is 3.26. The second kappa shape index (κ2) is 11.2. The van der Waals surface area contributed by atoms with E-state index >= 15 is 0 Å². The molecule has 0 aliphatic carbocycles. The zero-order chi connectivity index (χ0) is 24.0. The predicted octanol–water partition coefficient (Wildman–Crippen LogP) is 3.39. The first-order chi connectivity index (χ1) is 16.4. The molecule has 34 heavy (non-hydrogen) atoms. The number of aryl methyl sites for hydroxylation is 1. The van der Waals surface area contributed by atoms with Gasteiger partial charge in [-0.05, 0) is 31.0 Å². The van der Waals surface area contributed by atoms with E-state index in [2.05, 4.69) is 37.7 Å². The summed E-state index contributed by atoms with van der Waals surface area (Å²) in [5, 5.41) is 14.2. The number of H-pyrrole nitrogens is 1. The molecule has 2 aromatic heterocycles. The van der Waals surface area contributed by atoms with Gasteiger partial charge in [0.2, 0.25) is 10.0 Å². The van der Waals surface area contributed by atoms with Gasteiger partial charge in [-0.2, -0.15) is 9.40 Å². The van der Waals surface area contributed by atoms with Gasteiger partial charge < -0.3 is 15.4 Å². The van der Waals surface area contributed by atoms with Gasteiger partial charge in [0.15, 0.2) is 11.0 Å². The maximum Gasteiger partial charge on any atom is 0.243 e. The van der Waals surface area contributed by atoms with Crippen LogP contribution in [0.4, 0.5) is 17.5 Å². The Hall–Kier alpha value is -2.67. The summed E-state index contributed by atoms with van der Waals surface area (Å²) in [5.41, 5.74) is 1.94. The van der Waals surface area contributed by atoms with Crippen molar-refractivity contribution in [3.63, 3.8) is 0 Å². The largest absolute Gasteiger partial charge is 0.379 e. The molecule has 1 aromatic carbocycles.